The molecule has 0 bridgehead atoms. The summed E-state index contributed by atoms with van der Waals surface area (Å²) in [7, 11) is 1.59. The summed E-state index contributed by atoms with van der Waals surface area (Å²) in [6.07, 6.45) is 0.0472. The molecule has 0 spiro atoms. The Hall–Kier alpha value is -1.07. The summed E-state index contributed by atoms with van der Waals surface area (Å²) in [4.78, 5) is 14.6. The van der Waals surface area contributed by atoms with E-state index in [0.717, 1.165) is 10.9 Å². The maximum Gasteiger partial charge on any atom is 0.258 e. The number of hydrogen-bond acceptors (Lipinski definition) is 3. The molecule has 1 fully saturated rings. The van der Waals surface area contributed by atoms with Crippen LogP contribution < -0.4 is 4.74 Å². The summed E-state index contributed by atoms with van der Waals surface area (Å²) in [5, 5.41) is 0.731. The molecule has 0 aromatic heterocycles. The minimum atomic E-state index is 0.00676. The number of carbonyl (C=O) groups is 1. The second kappa shape index (κ2) is 6.59. The molecule has 1 heterocycles. The Morgan fingerprint density at radius 1 is 1.55 bits per heavy atom. The minimum Gasteiger partial charge on any atom is -0.496 e. The summed E-state index contributed by atoms with van der Waals surface area (Å²) in [6, 6.07) is 5.74. The third kappa shape index (κ3) is 3.15. The average molecular weight is 342 g/mol. The van der Waals surface area contributed by atoms with Crippen molar-refractivity contribution in [1.29, 1.82) is 0 Å². The molecule has 4 nitrogen and oxygen atoms in total. The van der Waals surface area contributed by atoms with Crippen molar-refractivity contribution in [3.63, 3.8) is 0 Å². The Balaban J connectivity index is 2.27. The van der Waals surface area contributed by atoms with Gasteiger partial charge in [0, 0.05) is 11.9 Å². The molecule has 1 aromatic rings. The highest BCUT2D eigenvalue weighted by Gasteiger charge is 2.31. The van der Waals surface area contributed by atoms with Crippen LogP contribution in [-0.4, -0.2) is 48.5 Å². The van der Waals surface area contributed by atoms with E-state index in [1.165, 1.54) is 0 Å². The maximum atomic E-state index is 12.8. The van der Waals surface area contributed by atoms with E-state index in [4.69, 9.17) is 9.47 Å². The first kappa shape index (κ1) is 15.3. The highest BCUT2D eigenvalue weighted by molar-refractivity contribution is 9.09. The van der Waals surface area contributed by atoms with Crippen molar-refractivity contribution in [3.8, 4) is 5.75 Å². The van der Waals surface area contributed by atoms with Gasteiger partial charge >= 0.3 is 0 Å². The summed E-state index contributed by atoms with van der Waals surface area (Å²) in [5.74, 6) is 0.627. The van der Waals surface area contributed by atoms with Gasteiger partial charge in [-0.1, -0.05) is 27.6 Å². The fourth-order valence-corrected chi connectivity index (χ4v) is 2.73. The fourth-order valence-electron chi connectivity index (χ4n) is 2.34. The SMILES string of the molecule is COc1ccc(C)cc1C(=O)N1CC(CBr)OCC1C. The van der Waals surface area contributed by atoms with Gasteiger partial charge in [-0.15, -0.1) is 0 Å². The molecule has 110 valence electrons. The Morgan fingerprint density at radius 3 is 2.95 bits per heavy atom. The van der Waals surface area contributed by atoms with Crippen molar-refractivity contribution in [2.45, 2.75) is 26.0 Å². The largest absolute Gasteiger partial charge is 0.496 e. The van der Waals surface area contributed by atoms with Gasteiger partial charge < -0.3 is 14.4 Å². The lowest BCUT2D eigenvalue weighted by molar-refractivity contribution is -0.0362. The molecule has 0 saturated carbocycles. The van der Waals surface area contributed by atoms with E-state index in [1.807, 2.05) is 36.9 Å². The number of aryl methyl sites for hydroxylation is 1. The van der Waals surface area contributed by atoms with Crippen molar-refractivity contribution < 1.29 is 14.3 Å². The van der Waals surface area contributed by atoms with E-state index in [-0.39, 0.29) is 18.1 Å². The first-order valence-corrected chi connectivity index (χ1v) is 7.82. The fraction of sp³-hybridized carbons (Fsp3) is 0.533. The van der Waals surface area contributed by atoms with Gasteiger partial charge in [-0.2, -0.15) is 0 Å². The van der Waals surface area contributed by atoms with Crippen LogP contribution in [0.25, 0.3) is 0 Å². The third-order valence-electron chi connectivity index (χ3n) is 3.52. The van der Waals surface area contributed by atoms with Gasteiger partial charge in [0.15, 0.2) is 0 Å². The highest BCUT2D eigenvalue weighted by atomic mass is 79.9. The molecule has 1 aliphatic rings. The van der Waals surface area contributed by atoms with Crippen LogP contribution in [0.5, 0.6) is 5.75 Å². The Morgan fingerprint density at radius 2 is 2.30 bits per heavy atom. The van der Waals surface area contributed by atoms with Gasteiger partial charge in [-0.05, 0) is 26.0 Å². The number of nitrogens with zero attached hydrogens (tertiary/aromatic N) is 1. The number of amides is 1. The molecule has 0 N–H and O–H groups in total. The van der Waals surface area contributed by atoms with Gasteiger partial charge in [0.05, 0.1) is 31.4 Å². The number of hydrogen-bond donors (Lipinski definition) is 0. The van der Waals surface area contributed by atoms with Crippen LogP contribution >= 0.6 is 15.9 Å². The van der Waals surface area contributed by atoms with Crippen molar-refractivity contribution >= 4 is 21.8 Å². The molecule has 1 amide bonds. The summed E-state index contributed by atoms with van der Waals surface area (Å²) in [6.45, 7) is 5.14. The van der Waals surface area contributed by atoms with Crippen LogP contribution in [0.3, 0.4) is 0 Å². The second-order valence-electron chi connectivity index (χ2n) is 5.12. The number of morpholine rings is 1. The van der Waals surface area contributed by atoms with Crippen LogP contribution in [0, 0.1) is 6.92 Å². The molecule has 2 unspecified atom stereocenters. The molecule has 0 radical (unpaired) electrons. The summed E-state index contributed by atoms with van der Waals surface area (Å²) < 4.78 is 11.0. The standard InChI is InChI=1S/C15H20BrNO3/c1-10-4-5-14(19-3)13(6-10)15(18)17-8-12(7-16)20-9-11(17)2/h4-6,11-12H,7-9H2,1-3H3. The van der Waals surface area contributed by atoms with Crippen LogP contribution in [0.1, 0.15) is 22.8 Å². The number of benzene rings is 1. The van der Waals surface area contributed by atoms with Gasteiger partial charge in [0.25, 0.3) is 5.91 Å². The smallest absolute Gasteiger partial charge is 0.258 e. The number of ether oxygens (including phenoxy) is 2. The van der Waals surface area contributed by atoms with Crippen LogP contribution in [0.2, 0.25) is 0 Å². The molecule has 20 heavy (non-hydrogen) atoms. The molecular weight excluding hydrogens is 322 g/mol. The van der Waals surface area contributed by atoms with Gasteiger partial charge in [-0.3, -0.25) is 4.79 Å². The zero-order valence-electron chi connectivity index (χ0n) is 12.1. The number of carbonyl (C=O) groups excluding carboxylic acids is 1. The van der Waals surface area contributed by atoms with Crippen molar-refractivity contribution in [2.24, 2.45) is 0 Å². The quantitative estimate of drug-likeness (QED) is 0.793. The molecule has 0 aliphatic carbocycles. The van der Waals surface area contributed by atoms with E-state index in [2.05, 4.69) is 15.9 Å². The molecule has 1 aliphatic heterocycles. The van der Waals surface area contributed by atoms with E-state index in [1.54, 1.807) is 7.11 Å². The van der Waals surface area contributed by atoms with Crippen LogP contribution in [0.4, 0.5) is 0 Å². The van der Waals surface area contributed by atoms with Gasteiger partial charge in [0.1, 0.15) is 5.75 Å². The lowest BCUT2D eigenvalue weighted by Crippen LogP contribution is -2.51. The summed E-state index contributed by atoms with van der Waals surface area (Å²) >= 11 is 3.42. The number of rotatable bonds is 3. The zero-order valence-corrected chi connectivity index (χ0v) is 13.6. The van der Waals surface area contributed by atoms with E-state index < -0.39 is 0 Å². The van der Waals surface area contributed by atoms with Gasteiger partial charge in [0.2, 0.25) is 0 Å². The topological polar surface area (TPSA) is 38.8 Å². The van der Waals surface area contributed by atoms with Crippen molar-refractivity contribution in [2.75, 3.05) is 25.6 Å². The van der Waals surface area contributed by atoms with E-state index >= 15 is 0 Å². The zero-order chi connectivity index (χ0) is 14.7. The number of methoxy groups -OCH3 is 1. The lowest BCUT2D eigenvalue weighted by atomic mass is 10.1. The average Bonchev–Trinajstić information content (AvgIpc) is 2.47. The monoisotopic (exact) mass is 341 g/mol. The molecule has 5 heteroatoms. The van der Waals surface area contributed by atoms with E-state index in [0.29, 0.717) is 24.5 Å². The maximum absolute atomic E-state index is 12.8. The predicted octanol–water partition coefficient (Wildman–Crippen LogP) is 2.63. The third-order valence-corrected chi connectivity index (χ3v) is 4.25. The number of alkyl halides is 1. The summed E-state index contributed by atoms with van der Waals surface area (Å²) in [5.41, 5.74) is 1.67. The van der Waals surface area contributed by atoms with Gasteiger partial charge in [-0.25, -0.2) is 0 Å². The van der Waals surface area contributed by atoms with Crippen molar-refractivity contribution in [1.82, 2.24) is 4.90 Å². The van der Waals surface area contributed by atoms with Crippen LogP contribution in [-0.2, 0) is 4.74 Å². The van der Waals surface area contributed by atoms with E-state index in [9.17, 15) is 4.79 Å². The first-order chi connectivity index (χ1) is 9.56. The molecular formula is C15H20BrNO3. The molecule has 1 saturated heterocycles. The molecule has 2 rings (SSSR count). The molecule has 1 aromatic carbocycles. The van der Waals surface area contributed by atoms with Crippen molar-refractivity contribution in [3.05, 3.63) is 29.3 Å². The Labute approximate surface area is 128 Å². The van der Waals surface area contributed by atoms with Crippen LogP contribution in [0.15, 0.2) is 18.2 Å². The normalized spacial score (nSPS) is 22.7. The number of halogens is 1. The second-order valence-corrected chi connectivity index (χ2v) is 5.77. The highest BCUT2D eigenvalue weighted by Crippen LogP contribution is 2.24. The predicted molar refractivity (Wildman–Crippen MR) is 81.8 cm³/mol. The Bertz CT molecular complexity index is 492. The lowest BCUT2D eigenvalue weighted by Gasteiger charge is -2.37. The molecule has 2 atom stereocenters. The first-order valence-electron chi connectivity index (χ1n) is 6.70. The minimum absolute atomic E-state index is 0.00676. The Kier molecular flexibility index (Phi) is 5.05.